The second kappa shape index (κ2) is 7.54. The molecule has 27 heavy (non-hydrogen) atoms. The van der Waals surface area contributed by atoms with Gasteiger partial charge in [0, 0.05) is 0 Å². The van der Waals surface area contributed by atoms with E-state index in [9.17, 15) is 0 Å². The van der Waals surface area contributed by atoms with Gasteiger partial charge in [-0.1, -0.05) is 112 Å². The summed E-state index contributed by atoms with van der Waals surface area (Å²) in [4.78, 5) is 0. The lowest BCUT2D eigenvalue weighted by Crippen LogP contribution is -2.37. The Hall–Kier alpha value is -2.02. The summed E-state index contributed by atoms with van der Waals surface area (Å²) in [5, 5.41) is 3.14. The number of hydrogen-bond donors (Lipinski definition) is 0. The van der Waals surface area contributed by atoms with Crippen molar-refractivity contribution in [3.63, 3.8) is 0 Å². The van der Waals surface area contributed by atoms with Gasteiger partial charge in [0.2, 0.25) is 0 Å². The van der Waals surface area contributed by atoms with E-state index >= 15 is 0 Å². The molecule has 4 rings (SSSR count). The standard InChI is InChI=1S/C26H31B/c1-4-17-26(3,27-20-11-7-6-8-12-20)25-16-15-22(24-18-19(24)5-2)21-13-9-10-14-23(21)25/h6-16,19,24,27H,4-5,17-18H2,1-3H3. The Morgan fingerprint density at radius 2 is 1.59 bits per heavy atom. The van der Waals surface area contributed by atoms with E-state index < -0.39 is 0 Å². The zero-order valence-electron chi connectivity index (χ0n) is 17.0. The highest BCUT2D eigenvalue weighted by Crippen LogP contribution is 2.52. The fourth-order valence-corrected chi connectivity index (χ4v) is 5.17. The SMILES string of the molecule is CCCC(C)(Bc1ccccc1)c1ccc(C2CC2CC)c2ccccc12. The van der Waals surface area contributed by atoms with E-state index in [1.165, 1.54) is 47.5 Å². The van der Waals surface area contributed by atoms with E-state index in [0.717, 1.165) is 19.1 Å². The maximum atomic E-state index is 2.47. The van der Waals surface area contributed by atoms with Gasteiger partial charge in [0.25, 0.3) is 0 Å². The highest BCUT2D eigenvalue weighted by molar-refractivity contribution is 6.57. The number of benzene rings is 3. The van der Waals surface area contributed by atoms with E-state index in [1.54, 1.807) is 5.56 Å². The van der Waals surface area contributed by atoms with Crippen molar-refractivity contribution in [2.45, 2.75) is 57.7 Å². The lowest BCUT2D eigenvalue weighted by molar-refractivity contribution is 0.594. The molecule has 3 unspecified atom stereocenters. The Morgan fingerprint density at radius 1 is 0.889 bits per heavy atom. The maximum Gasteiger partial charge on any atom is 0.169 e. The van der Waals surface area contributed by atoms with E-state index in [1.807, 2.05) is 0 Å². The molecule has 1 saturated carbocycles. The quantitative estimate of drug-likeness (QED) is 0.448. The van der Waals surface area contributed by atoms with Crippen LogP contribution in [-0.2, 0) is 5.31 Å². The molecule has 0 aliphatic heterocycles. The van der Waals surface area contributed by atoms with Crippen LogP contribution in [0.1, 0.15) is 63.5 Å². The molecule has 0 spiro atoms. The molecule has 0 saturated heterocycles. The zero-order valence-corrected chi connectivity index (χ0v) is 17.0. The summed E-state index contributed by atoms with van der Waals surface area (Å²) in [5.74, 6) is 1.67. The topological polar surface area (TPSA) is 0 Å². The lowest BCUT2D eigenvalue weighted by Gasteiger charge is -2.31. The van der Waals surface area contributed by atoms with Gasteiger partial charge in [-0.3, -0.25) is 0 Å². The Balaban J connectivity index is 1.80. The van der Waals surface area contributed by atoms with Crippen molar-refractivity contribution in [1.29, 1.82) is 0 Å². The van der Waals surface area contributed by atoms with Crippen molar-refractivity contribution in [2.75, 3.05) is 0 Å². The van der Waals surface area contributed by atoms with Gasteiger partial charge >= 0.3 is 0 Å². The largest absolute Gasteiger partial charge is 0.169 e. The zero-order chi connectivity index (χ0) is 18.9. The summed E-state index contributed by atoms with van der Waals surface area (Å²) in [6.07, 6.45) is 5.10. The molecule has 1 fully saturated rings. The fourth-order valence-electron chi connectivity index (χ4n) is 5.17. The minimum atomic E-state index is 0.169. The minimum absolute atomic E-state index is 0.169. The average molecular weight is 354 g/mol. The molecule has 3 atom stereocenters. The Bertz CT molecular complexity index is 914. The molecule has 0 amide bonds. The van der Waals surface area contributed by atoms with Gasteiger partial charge in [-0.2, -0.15) is 0 Å². The van der Waals surface area contributed by atoms with Gasteiger partial charge in [-0.05, 0) is 45.5 Å². The van der Waals surface area contributed by atoms with Gasteiger partial charge in [-0.15, -0.1) is 0 Å². The van der Waals surface area contributed by atoms with Gasteiger partial charge in [-0.25, -0.2) is 0 Å². The molecular weight excluding hydrogens is 323 g/mol. The smallest absolute Gasteiger partial charge is 0.0835 e. The van der Waals surface area contributed by atoms with Crippen molar-refractivity contribution < 1.29 is 0 Å². The number of rotatable bonds is 7. The lowest BCUT2D eigenvalue weighted by atomic mass is 9.45. The summed E-state index contributed by atoms with van der Waals surface area (Å²) < 4.78 is 0. The van der Waals surface area contributed by atoms with Crippen molar-refractivity contribution >= 4 is 23.5 Å². The summed E-state index contributed by atoms with van der Waals surface area (Å²) >= 11 is 0. The molecule has 3 aromatic carbocycles. The Labute approximate surface area is 165 Å². The van der Waals surface area contributed by atoms with Crippen LogP contribution in [0, 0.1) is 5.92 Å². The molecule has 138 valence electrons. The van der Waals surface area contributed by atoms with E-state index in [4.69, 9.17) is 0 Å². The van der Waals surface area contributed by atoms with Crippen LogP contribution in [0.25, 0.3) is 10.8 Å². The van der Waals surface area contributed by atoms with Gasteiger partial charge in [0.1, 0.15) is 0 Å². The predicted molar refractivity (Wildman–Crippen MR) is 121 cm³/mol. The van der Waals surface area contributed by atoms with Crippen LogP contribution in [0.2, 0.25) is 0 Å². The number of hydrogen-bond acceptors (Lipinski definition) is 0. The maximum absolute atomic E-state index is 2.47. The van der Waals surface area contributed by atoms with Crippen molar-refractivity contribution in [3.8, 4) is 0 Å². The van der Waals surface area contributed by atoms with Crippen LogP contribution in [-0.4, -0.2) is 7.28 Å². The molecule has 1 aliphatic carbocycles. The second-order valence-electron chi connectivity index (χ2n) is 8.73. The molecule has 0 nitrogen and oxygen atoms in total. The minimum Gasteiger partial charge on any atom is -0.0835 e. The van der Waals surface area contributed by atoms with Crippen LogP contribution in [0.5, 0.6) is 0 Å². The van der Waals surface area contributed by atoms with Crippen LogP contribution < -0.4 is 5.46 Å². The first-order chi connectivity index (χ1) is 13.2. The van der Waals surface area contributed by atoms with E-state index in [-0.39, 0.29) is 5.31 Å². The van der Waals surface area contributed by atoms with Crippen molar-refractivity contribution in [3.05, 3.63) is 77.9 Å². The third-order valence-corrected chi connectivity index (χ3v) is 6.69. The second-order valence-corrected chi connectivity index (χ2v) is 8.73. The summed E-state index contributed by atoms with van der Waals surface area (Å²) in [6.45, 7) is 7.12. The molecule has 3 aromatic rings. The van der Waals surface area contributed by atoms with E-state index in [0.29, 0.717) is 0 Å². The first kappa shape index (κ1) is 18.4. The predicted octanol–water partition coefficient (Wildman–Crippen LogP) is 6.13. The van der Waals surface area contributed by atoms with Gasteiger partial charge in [0.05, 0.1) is 0 Å². The van der Waals surface area contributed by atoms with Crippen LogP contribution in [0.15, 0.2) is 66.7 Å². The monoisotopic (exact) mass is 354 g/mol. The fraction of sp³-hybridized carbons (Fsp3) is 0.385. The van der Waals surface area contributed by atoms with Crippen LogP contribution in [0.4, 0.5) is 0 Å². The van der Waals surface area contributed by atoms with Gasteiger partial charge in [0.15, 0.2) is 7.28 Å². The molecule has 0 aromatic heterocycles. The summed E-state index contributed by atoms with van der Waals surface area (Å²) in [6, 6.07) is 25.1. The average Bonchev–Trinajstić information content (AvgIpc) is 3.47. The van der Waals surface area contributed by atoms with Crippen LogP contribution >= 0.6 is 0 Å². The molecule has 0 bridgehead atoms. The molecular formula is C26H31B. The van der Waals surface area contributed by atoms with E-state index in [2.05, 4.69) is 87.5 Å². The van der Waals surface area contributed by atoms with Crippen molar-refractivity contribution in [1.82, 2.24) is 0 Å². The molecule has 1 heteroatoms. The first-order valence-corrected chi connectivity index (χ1v) is 10.7. The number of fused-ring (bicyclic) bond motifs is 1. The third kappa shape index (κ3) is 3.57. The highest BCUT2D eigenvalue weighted by Gasteiger charge is 2.38. The normalized spacial score (nSPS) is 21.0. The molecule has 1 aliphatic rings. The Morgan fingerprint density at radius 3 is 2.26 bits per heavy atom. The molecule has 0 radical (unpaired) electrons. The molecule has 0 heterocycles. The third-order valence-electron chi connectivity index (χ3n) is 6.69. The Kier molecular flexibility index (Phi) is 5.13. The summed E-state index contributed by atoms with van der Waals surface area (Å²) in [5.41, 5.74) is 4.55. The summed E-state index contributed by atoms with van der Waals surface area (Å²) in [7, 11) is 1.10. The van der Waals surface area contributed by atoms with Crippen molar-refractivity contribution in [2.24, 2.45) is 5.92 Å². The molecule has 0 N–H and O–H groups in total. The first-order valence-electron chi connectivity index (χ1n) is 10.7. The highest BCUT2D eigenvalue weighted by atomic mass is 14.4. The van der Waals surface area contributed by atoms with Gasteiger partial charge < -0.3 is 0 Å². The van der Waals surface area contributed by atoms with Crippen LogP contribution in [0.3, 0.4) is 0 Å².